The number of hydrogen-bond acceptors (Lipinski definition) is 2. The van der Waals surface area contributed by atoms with Crippen molar-refractivity contribution in [1.29, 1.82) is 0 Å². The van der Waals surface area contributed by atoms with Crippen molar-refractivity contribution in [3.8, 4) is 0 Å². The zero-order valence-corrected chi connectivity index (χ0v) is 5.84. The molecule has 0 bridgehead atoms. The molecule has 2 aliphatic heterocycles. The number of hydrogen-bond donors (Lipinski definition) is 0. The summed E-state index contributed by atoms with van der Waals surface area (Å²) in [4.78, 5) is 2.41. The molecule has 2 rings (SSSR count). The maximum Gasteiger partial charge on any atom is 0.0625 e. The molecule has 0 aromatic rings. The van der Waals surface area contributed by atoms with Gasteiger partial charge in [0.2, 0.25) is 0 Å². The van der Waals surface area contributed by atoms with Crippen LogP contribution in [0.4, 0.5) is 0 Å². The monoisotopic (exact) mass is 127 g/mol. The Bertz CT molecular complexity index is 115. The molecule has 2 fully saturated rings. The first-order chi connectivity index (χ1) is 4.38. The van der Waals surface area contributed by atoms with Crippen LogP contribution in [0.15, 0.2) is 0 Å². The summed E-state index contributed by atoms with van der Waals surface area (Å²) in [6.07, 6.45) is 1.35. The van der Waals surface area contributed by atoms with E-state index in [2.05, 4.69) is 11.9 Å². The quantitative estimate of drug-likeness (QED) is 0.465. The Morgan fingerprint density at radius 2 is 2.33 bits per heavy atom. The third-order valence-corrected chi connectivity index (χ3v) is 2.58. The van der Waals surface area contributed by atoms with Gasteiger partial charge in [0, 0.05) is 12.0 Å². The molecule has 2 heteroatoms. The average Bonchev–Trinajstić information content (AvgIpc) is 2.35. The lowest BCUT2D eigenvalue weighted by Gasteiger charge is -2.15. The van der Waals surface area contributed by atoms with Crippen LogP contribution in [-0.2, 0) is 4.74 Å². The fraction of sp³-hybridized carbons (Fsp3) is 1.00. The minimum absolute atomic E-state index is 0.755. The normalized spacial score (nSPS) is 43.7. The van der Waals surface area contributed by atoms with E-state index in [1.807, 2.05) is 0 Å². The van der Waals surface area contributed by atoms with Crippen LogP contribution in [0.1, 0.15) is 6.42 Å². The number of rotatable bonds is 0. The lowest BCUT2D eigenvalue weighted by atomic mass is 10.1. The zero-order valence-electron chi connectivity index (χ0n) is 5.84. The molecular weight excluding hydrogens is 114 g/mol. The van der Waals surface area contributed by atoms with Crippen molar-refractivity contribution in [3.05, 3.63) is 0 Å². The summed E-state index contributed by atoms with van der Waals surface area (Å²) in [6.45, 7) is 3.26. The zero-order chi connectivity index (χ0) is 6.27. The number of nitrogens with zero attached hydrogens (tertiary/aromatic N) is 1. The Labute approximate surface area is 55.8 Å². The van der Waals surface area contributed by atoms with Gasteiger partial charge in [-0.25, -0.2) is 0 Å². The van der Waals surface area contributed by atoms with Gasteiger partial charge in [0.15, 0.2) is 0 Å². The second-order valence-corrected chi connectivity index (χ2v) is 3.13. The van der Waals surface area contributed by atoms with Gasteiger partial charge in [-0.2, -0.15) is 0 Å². The van der Waals surface area contributed by atoms with Gasteiger partial charge in [-0.1, -0.05) is 0 Å². The fourth-order valence-electron chi connectivity index (χ4n) is 1.89. The Kier molecular flexibility index (Phi) is 1.24. The SMILES string of the molecule is CN1CCC2COC[C@@H]21. The van der Waals surface area contributed by atoms with Gasteiger partial charge in [0.05, 0.1) is 13.2 Å². The second kappa shape index (κ2) is 1.96. The summed E-state index contributed by atoms with van der Waals surface area (Å²) < 4.78 is 5.34. The average molecular weight is 127 g/mol. The van der Waals surface area contributed by atoms with Crippen LogP contribution >= 0.6 is 0 Å². The number of likely N-dealkylation sites (N-methyl/N-ethyl adjacent to an activating group) is 1. The van der Waals surface area contributed by atoms with Crippen LogP contribution in [0.2, 0.25) is 0 Å². The number of ether oxygens (including phenoxy) is 1. The molecule has 52 valence electrons. The van der Waals surface area contributed by atoms with Crippen molar-refractivity contribution in [1.82, 2.24) is 4.90 Å². The van der Waals surface area contributed by atoms with Crippen LogP contribution in [0.3, 0.4) is 0 Å². The molecule has 0 saturated carbocycles. The van der Waals surface area contributed by atoms with Gasteiger partial charge in [-0.3, -0.25) is 0 Å². The molecule has 2 saturated heterocycles. The highest BCUT2D eigenvalue weighted by Gasteiger charge is 2.35. The Morgan fingerprint density at radius 1 is 1.44 bits per heavy atom. The molecule has 2 nitrogen and oxygen atoms in total. The molecule has 2 aliphatic rings. The predicted molar refractivity (Wildman–Crippen MR) is 35.3 cm³/mol. The Balaban J connectivity index is 2.07. The molecule has 9 heavy (non-hydrogen) atoms. The first-order valence-corrected chi connectivity index (χ1v) is 3.66. The summed E-state index contributed by atoms with van der Waals surface area (Å²) >= 11 is 0. The third kappa shape index (κ3) is 0.775. The lowest BCUT2D eigenvalue weighted by molar-refractivity contribution is 0.156. The molecule has 0 aromatic heterocycles. The molecule has 1 unspecified atom stereocenters. The third-order valence-electron chi connectivity index (χ3n) is 2.58. The predicted octanol–water partition coefficient (Wildman–Crippen LogP) is 0.337. The molecule has 0 N–H and O–H groups in total. The van der Waals surface area contributed by atoms with E-state index in [9.17, 15) is 0 Å². The van der Waals surface area contributed by atoms with E-state index in [1.165, 1.54) is 13.0 Å². The summed E-state index contributed by atoms with van der Waals surface area (Å²) in [6, 6.07) is 0.755. The van der Waals surface area contributed by atoms with Gasteiger partial charge in [-0.05, 0) is 20.0 Å². The van der Waals surface area contributed by atoms with E-state index < -0.39 is 0 Å². The molecular formula is C7H13NO. The minimum Gasteiger partial charge on any atom is -0.379 e. The highest BCUT2D eigenvalue weighted by Crippen LogP contribution is 2.27. The molecule has 2 heterocycles. The topological polar surface area (TPSA) is 12.5 Å². The summed E-state index contributed by atoms with van der Waals surface area (Å²) in [5.74, 6) is 0.856. The van der Waals surface area contributed by atoms with Crippen molar-refractivity contribution in [3.63, 3.8) is 0 Å². The highest BCUT2D eigenvalue weighted by molar-refractivity contribution is 4.88. The van der Waals surface area contributed by atoms with Crippen molar-refractivity contribution in [2.45, 2.75) is 12.5 Å². The van der Waals surface area contributed by atoms with Crippen LogP contribution in [0.5, 0.6) is 0 Å². The first kappa shape index (κ1) is 5.69. The van der Waals surface area contributed by atoms with Gasteiger partial charge in [-0.15, -0.1) is 0 Å². The van der Waals surface area contributed by atoms with E-state index in [-0.39, 0.29) is 0 Å². The number of likely N-dealkylation sites (tertiary alicyclic amines) is 1. The maximum atomic E-state index is 5.34. The number of fused-ring (bicyclic) bond motifs is 1. The molecule has 0 amide bonds. The first-order valence-electron chi connectivity index (χ1n) is 3.66. The van der Waals surface area contributed by atoms with Crippen LogP contribution in [-0.4, -0.2) is 37.7 Å². The minimum atomic E-state index is 0.755. The van der Waals surface area contributed by atoms with Crippen molar-refractivity contribution in [2.75, 3.05) is 26.8 Å². The highest BCUT2D eigenvalue weighted by atomic mass is 16.5. The van der Waals surface area contributed by atoms with Crippen molar-refractivity contribution < 1.29 is 4.74 Å². The fourth-order valence-corrected chi connectivity index (χ4v) is 1.89. The van der Waals surface area contributed by atoms with Gasteiger partial charge >= 0.3 is 0 Å². The summed E-state index contributed by atoms with van der Waals surface area (Å²) in [5, 5.41) is 0. The second-order valence-electron chi connectivity index (χ2n) is 3.13. The molecule has 0 aromatic carbocycles. The standard InChI is InChI=1S/C7H13NO/c1-8-3-2-6-4-9-5-7(6)8/h6-7H,2-5H2,1H3/t6?,7-/m0/s1. The van der Waals surface area contributed by atoms with Crippen molar-refractivity contribution >= 4 is 0 Å². The van der Waals surface area contributed by atoms with E-state index in [0.29, 0.717) is 0 Å². The summed E-state index contributed by atoms with van der Waals surface area (Å²) in [7, 11) is 2.19. The molecule has 2 atom stereocenters. The van der Waals surface area contributed by atoms with Crippen LogP contribution in [0.25, 0.3) is 0 Å². The van der Waals surface area contributed by atoms with E-state index >= 15 is 0 Å². The van der Waals surface area contributed by atoms with Crippen LogP contribution in [0, 0.1) is 5.92 Å². The summed E-state index contributed by atoms with van der Waals surface area (Å²) in [5.41, 5.74) is 0. The van der Waals surface area contributed by atoms with Gasteiger partial charge in [0.25, 0.3) is 0 Å². The Hall–Kier alpha value is -0.0800. The van der Waals surface area contributed by atoms with E-state index in [0.717, 1.165) is 25.2 Å². The maximum absolute atomic E-state index is 5.34. The Morgan fingerprint density at radius 3 is 3.11 bits per heavy atom. The molecule has 0 radical (unpaired) electrons. The van der Waals surface area contributed by atoms with Gasteiger partial charge < -0.3 is 9.64 Å². The smallest absolute Gasteiger partial charge is 0.0625 e. The van der Waals surface area contributed by atoms with E-state index in [4.69, 9.17) is 4.74 Å². The lowest BCUT2D eigenvalue weighted by Crippen LogP contribution is -2.28. The van der Waals surface area contributed by atoms with Crippen LogP contribution < -0.4 is 0 Å². The van der Waals surface area contributed by atoms with Gasteiger partial charge in [0.1, 0.15) is 0 Å². The largest absolute Gasteiger partial charge is 0.379 e. The van der Waals surface area contributed by atoms with E-state index in [1.54, 1.807) is 0 Å². The molecule has 0 aliphatic carbocycles. The molecule has 0 spiro atoms. The van der Waals surface area contributed by atoms with Crippen molar-refractivity contribution in [2.24, 2.45) is 5.92 Å².